The van der Waals surface area contributed by atoms with Crippen LogP contribution in [0.2, 0.25) is 0 Å². The van der Waals surface area contributed by atoms with E-state index in [1.807, 2.05) is 6.07 Å². The Hall–Kier alpha value is -2.68. The van der Waals surface area contributed by atoms with Crippen molar-refractivity contribution in [2.75, 3.05) is 5.73 Å². The highest BCUT2D eigenvalue weighted by Crippen LogP contribution is 2.31. The fourth-order valence-electron chi connectivity index (χ4n) is 2.34. The molecular weight excluding hydrogens is 276 g/mol. The van der Waals surface area contributed by atoms with Crippen LogP contribution in [-0.4, -0.2) is 4.98 Å². The second-order valence-corrected chi connectivity index (χ2v) is 4.82. The van der Waals surface area contributed by atoms with E-state index in [0.29, 0.717) is 0 Å². The summed E-state index contributed by atoms with van der Waals surface area (Å²) in [4.78, 5) is 4.25. The molecular formula is C15H11F2N3O. The number of hydrogen-bond acceptors (Lipinski definition) is 4. The molecule has 1 heterocycles. The average molecular weight is 287 g/mol. The maximum atomic E-state index is 13.7. The molecule has 0 saturated heterocycles. The molecule has 0 radical (unpaired) electrons. The first-order valence-electron chi connectivity index (χ1n) is 6.43. The van der Waals surface area contributed by atoms with E-state index in [1.54, 1.807) is 6.07 Å². The zero-order valence-corrected chi connectivity index (χ0v) is 11.0. The zero-order valence-electron chi connectivity index (χ0n) is 11.0. The third kappa shape index (κ3) is 2.38. The number of aryl methyl sites for hydroxylation is 2. The number of nitriles is 1. The van der Waals surface area contributed by atoms with Gasteiger partial charge in [-0.15, -0.1) is 0 Å². The summed E-state index contributed by atoms with van der Waals surface area (Å²) in [5, 5.41) is 9.14. The largest absolute Gasteiger partial charge is 0.434 e. The number of nitrogen functional groups attached to an aromatic ring is 1. The smallest absolute Gasteiger partial charge is 0.237 e. The molecule has 0 spiro atoms. The Bertz CT molecular complexity index is 768. The number of benzene rings is 1. The second kappa shape index (κ2) is 5.02. The number of aromatic nitrogens is 1. The molecule has 106 valence electrons. The van der Waals surface area contributed by atoms with E-state index in [-0.39, 0.29) is 22.9 Å². The van der Waals surface area contributed by atoms with Crippen molar-refractivity contribution in [3.63, 3.8) is 0 Å². The zero-order chi connectivity index (χ0) is 15.0. The van der Waals surface area contributed by atoms with Crippen LogP contribution in [0.4, 0.5) is 14.5 Å². The van der Waals surface area contributed by atoms with Gasteiger partial charge >= 0.3 is 0 Å². The number of pyridine rings is 1. The number of rotatable bonds is 2. The summed E-state index contributed by atoms with van der Waals surface area (Å²) in [7, 11) is 0. The standard InChI is InChI=1S/C15H11F2N3O/c16-10-6-14(11(17)5-12(10)19)21-15-9(7-18)4-8-2-1-3-13(8)20-15/h4-6H,1-3,19H2. The molecule has 1 aliphatic rings. The summed E-state index contributed by atoms with van der Waals surface area (Å²) < 4.78 is 32.4. The van der Waals surface area contributed by atoms with Gasteiger partial charge in [0.1, 0.15) is 17.4 Å². The molecule has 21 heavy (non-hydrogen) atoms. The van der Waals surface area contributed by atoms with Crippen molar-refractivity contribution in [2.45, 2.75) is 19.3 Å². The lowest BCUT2D eigenvalue weighted by Crippen LogP contribution is -2.00. The molecule has 0 fully saturated rings. The van der Waals surface area contributed by atoms with Crippen molar-refractivity contribution in [3.05, 3.63) is 46.7 Å². The molecule has 4 nitrogen and oxygen atoms in total. The van der Waals surface area contributed by atoms with Gasteiger partial charge in [0.15, 0.2) is 11.6 Å². The minimum atomic E-state index is -0.805. The summed E-state index contributed by atoms with van der Waals surface area (Å²) in [6.45, 7) is 0. The third-order valence-electron chi connectivity index (χ3n) is 3.39. The second-order valence-electron chi connectivity index (χ2n) is 4.82. The minimum Gasteiger partial charge on any atom is -0.434 e. The van der Waals surface area contributed by atoms with Gasteiger partial charge < -0.3 is 10.5 Å². The predicted molar refractivity (Wildman–Crippen MR) is 71.8 cm³/mol. The molecule has 1 aliphatic carbocycles. The number of ether oxygens (including phenoxy) is 1. The van der Waals surface area contributed by atoms with Crippen LogP contribution in [0.1, 0.15) is 23.2 Å². The molecule has 0 aliphatic heterocycles. The number of nitrogens with two attached hydrogens (primary N) is 1. The Balaban J connectivity index is 2.02. The first-order valence-corrected chi connectivity index (χ1v) is 6.43. The lowest BCUT2D eigenvalue weighted by molar-refractivity contribution is 0.420. The summed E-state index contributed by atoms with van der Waals surface area (Å²) in [5.74, 6) is -1.95. The Labute approximate surface area is 119 Å². The van der Waals surface area contributed by atoms with Gasteiger partial charge in [0, 0.05) is 17.8 Å². The van der Waals surface area contributed by atoms with Gasteiger partial charge in [0.05, 0.1) is 5.69 Å². The lowest BCUT2D eigenvalue weighted by atomic mass is 10.1. The molecule has 0 bridgehead atoms. The highest BCUT2D eigenvalue weighted by Gasteiger charge is 2.19. The van der Waals surface area contributed by atoms with E-state index in [2.05, 4.69) is 4.98 Å². The van der Waals surface area contributed by atoms with Gasteiger partial charge in [-0.2, -0.15) is 5.26 Å². The fourth-order valence-corrected chi connectivity index (χ4v) is 2.34. The molecule has 6 heteroatoms. The molecule has 0 amide bonds. The van der Waals surface area contributed by atoms with E-state index in [0.717, 1.165) is 42.7 Å². The van der Waals surface area contributed by atoms with Crippen LogP contribution in [0.15, 0.2) is 18.2 Å². The molecule has 3 rings (SSSR count). The van der Waals surface area contributed by atoms with E-state index in [9.17, 15) is 8.78 Å². The molecule has 2 N–H and O–H groups in total. The number of fused-ring (bicyclic) bond motifs is 1. The third-order valence-corrected chi connectivity index (χ3v) is 3.39. The van der Waals surface area contributed by atoms with Crippen molar-refractivity contribution >= 4 is 5.69 Å². The Kier molecular flexibility index (Phi) is 3.18. The number of hydrogen-bond donors (Lipinski definition) is 1. The summed E-state index contributed by atoms with van der Waals surface area (Å²) >= 11 is 0. The molecule has 0 unspecified atom stereocenters. The van der Waals surface area contributed by atoms with Gasteiger partial charge in [-0.05, 0) is 30.9 Å². The van der Waals surface area contributed by atoms with E-state index in [4.69, 9.17) is 15.7 Å². The van der Waals surface area contributed by atoms with Crippen molar-refractivity contribution in [1.82, 2.24) is 4.98 Å². The van der Waals surface area contributed by atoms with Crippen molar-refractivity contribution in [1.29, 1.82) is 5.26 Å². The van der Waals surface area contributed by atoms with Crippen LogP contribution in [0, 0.1) is 23.0 Å². The highest BCUT2D eigenvalue weighted by atomic mass is 19.1. The average Bonchev–Trinajstić information content (AvgIpc) is 2.91. The normalized spacial score (nSPS) is 12.8. The summed E-state index contributed by atoms with van der Waals surface area (Å²) in [6, 6.07) is 5.34. The maximum absolute atomic E-state index is 13.7. The van der Waals surface area contributed by atoms with Crippen molar-refractivity contribution < 1.29 is 13.5 Å². The Morgan fingerprint density at radius 2 is 2.00 bits per heavy atom. The molecule has 2 aromatic rings. The summed E-state index contributed by atoms with van der Waals surface area (Å²) in [6.07, 6.45) is 2.61. The predicted octanol–water partition coefficient (Wildman–Crippen LogP) is 3.09. The van der Waals surface area contributed by atoms with Crippen molar-refractivity contribution in [3.8, 4) is 17.7 Å². The van der Waals surface area contributed by atoms with Crippen molar-refractivity contribution in [2.24, 2.45) is 0 Å². The highest BCUT2D eigenvalue weighted by molar-refractivity contribution is 5.48. The number of anilines is 1. The van der Waals surface area contributed by atoms with Gasteiger partial charge in [0.25, 0.3) is 0 Å². The minimum absolute atomic E-state index is 0.0128. The fraction of sp³-hybridized carbons (Fsp3) is 0.200. The van der Waals surface area contributed by atoms with Crippen LogP contribution in [-0.2, 0) is 12.8 Å². The van der Waals surface area contributed by atoms with E-state index in [1.165, 1.54) is 0 Å². The van der Waals surface area contributed by atoms with Crippen LogP contribution in [0.5, 0.6) is 11.6 Å². The van der Waals surface area contributed by atoms with Gasteiger partial charge in [-0.25, -0.2) is 13.8 Å². The van der Waals surface area contributed by atoms with Crippen LogP contribution in [0.3, 0.4) is 0 Å². The SMILES string of the molecule is N#Cc1cc2c(nc1Oc1cc(F)c(N)cc1F)CCC2. The molecule has 1 aromatic carbocycles. The molecule has 0 atom stereocenters. The number of halogens is 2. The Morgan fingerprint density at radius 1 is 1.19 bits per heavy atom. The van der Waals surface area contributed by atoms with Crippen LogP contribution in [0.25, 0.3) is 0 Å². The maximum Gasteiger partial charge on any atom is 0.237 e. The quantitative estimate of drug-likeness (QED) is 0.861. The first kappa shape index (κ1) is 13.3. The first-order chi connectivity index (χ1) is 10.1. The topological polar surface area (TPSA) is 71.9 Å². The summed E-state index contributed by atoms with van der Waals surface area (Å²) in [5.41, 5.74) is 7.01. The lowest BCUT2D eigenvalue weighted by Gasteiger charge is -2.10. The van der Waals surface area contributed by atoms with Crippen LogP contribution >= 0.6 is 0 Å². The van der Waals surface area contributed by atoms with Gasteiger partial charge in [-0.1, -0.05) is 0 Å². The van der Waals surface area contributed by atoms with E-state index < -0.39 is 11.6 Å². The molecule has 1 aromatic heterocycles. The molecule has 0 saturated carbocycles. The van der Waals surface area contributed by atoms with Gasteiger partial charge in [0.2, 0.25) is 5.88 Å². The van der Waals surface area contributed by atoms with Gasteiger partial charge in [-0.3, -0.25) is 0 Å². The monoisotopic (exact) mass is 287 g/mol. The van der Waals surface area contributed by atoms with E-state index >= 15 is 0 Å². The van der Waals surface area contributed by atoms with Crippen LogP contribution < -0.4 is 10.5 Å². The Morgan fingerprint density at radius 3 is 2.76 bits per heavy atom. The number of nitrogens with zero attached hydrogens (tertiary/aromatic N) is 2.